The highest BCUT2D eigenvalue weighted by Gasteiger charge is 2.50. The van der Waals surface area contributed by atoms with E-state index in [0.717, 1.165) is 22.3 Å². The summed E-state index contributed by atoms with van der Waals surface area (Å²) in [4.78, 5) is 15.6. The van der Waals surface area contributed by atoms with Crippen molar-refractivity contribution in [3.8, 4) is 17.3 Å². The van der Waals surface area contributed by atoms with Crippen molar-refractivity contribution in [3.63, 3.8) is 0 Å². The van der Waals surface area contributed by atoms with Crippen molar-refractivity contribution in [2.45, 2.75) is 16.9 Å². The topological polar surface area (TPSA) is 133 Å². The van der Waals surface area contributed by atoms with Crippen LogP contribution in [-0.2, 0) is 15.6 Å². The highest BCUT2D eigenvalue weighted by Crippen LogP contribution is 2.37. The van der Waals surface area contributed by atoms with E-state index in [-0.39, 0.29) is 24.4 Å². The second-order valence-corrected chi connectivity index (χ2v) is 9.09. The van der Waals surface area contributed by atoms with Gasteiger partial charge in [0.2, 0.25) is 10.0 Å². The van der Waals surface area contributed by atoms with Crippen LogP contribution in [0.25, 0.3) is 22.3 Å². The molecule has 0 unspecified atom stereocenters. The van der Waals surface area contributed by atoms with Crippen LogP contribution in [0, 0.1) is 11.3 Å². The zero-order chi connectivity index (χ0) is 20.8. The van der Waals surface area contributed by atoms with Crippen molar-refractivity contribution >= 4 is 21.1 Å². The van der Waals surface area contributed by atoms with Crippen LogP contribution >= 0.6 is 0 Å². The van der Waals surface area contributed by atoms with Gasteiger partial charge in [-0.1, -0.05) is 0 Å². The average Bonchev–Trinajstić information content (AvgIpc) is 3.40. The van der Waals surface area contributed by atoms with Crippen LogP contribution < -0.4 is 0 Å². The molecular weight excluding hydrogens is 404 g/mol. The van der Waals surface area contributed by atoms with Gasteiger partial charge in [-0.25, -0.2) is 18.4 Å². The Labute approximate surface area is 171 Å². The van der Waals surface area contributed by atoms with Gasteiger partial charge in [0.15, 0.2) is 0 Å². The molecule has 150 valence electrons. The van der Waals surface area contributed by atoms with Gasteiger partial charge in [-0.3, -0.25) is 9.67 Å². The SMILES string of the molecule is N#CCC1(n2cc(-c3ncnc4[nH]ccc34)cn2)CN(S(=O)(=O)c2cccnc2)C1. The maximum Gasteiger partial charge on any atom is 0.244 e. The number of sulfonamides is 1. The molecule has 4 aromatic heterocycles. The first-order valence-electron chi connectivity index (χ1n) is 9.14. The summed E-state index contributed by atoms with van der Waals surface area (Å²) in [6.45, 7) is 0.310. The van der Waals surface area contributed by atoms with Crippen LogP contribution in [0.4, 0.5) is 0 Å². The van der Waals surface area contributed by atoms with Gasteiger partial charge in [-0.15, -0.1) is 0 Å². The summed E-state index contributed by atoms with van der Waals surface area (Å²) >= 11 is 0. The van der Waals surface area contributed by atoms with Crippen LogP contribution in [-0.4, -0.2) is 55.5 Å². The molecule has 1 aliphatic rings. The van der Waals surface area contributed by atoms with E-state index in [9.17, 15) is 13.7 Å². The molecule has 0 amide bonds. The summed E-state index contributed by atoms with van der Waals surface area (Å²) < 4.78 is 28.7. The Morgan fingerprint density at radius 3 is 2.87 bits per heavy atom. The van der Waals surface area contributed by atoms with Gasteiger partial charge in [-0.2, -0.15) is 14.7 Å². The molecule has 5 heterocycles. The van der Waals surface area contributed by atoms with Gasteiger partial charge in [0, 0.05) is 48.8 Å². The summed E-state index contributed by atoms with van der Waals surface area (Å²) in [5.41, 5.74) is 1.48. The minimum absolute atomic E-state index is 0.132. The lowest BCUT2D eigenvalue weighted by Crippen LogP contribution is -2.64. The lowest BCUT2D eigenvalue weighted by atomic mass is 9.89. The summed E-state index contributed by atoms with van der Waals surface area (Å²) in [7, 11) is -3.67. The highest BCUT2D eigenvalue weighted by atomic mass is 32.2. The first kappa shape index (κ1) is 18.4. The molecule has 1 N–H and O–H groups in total. The lowest BCUT2D eigenvalue weighted by molar-refractivity contribution is 0.0717. The zero-order valence-corrected chi connectivity index (χ0v) is 16.5. The number of hydrogen-bond acceptors (Lipinski definition) is 7. The molecule has 0 spiro atoms. The predicted molar refractivity (Wildman–Crippen MR) is 106 cm³/mol. The standard InChI is InChI=1S/C19H16N8O2S/c20-5-4-19(11-26(12-19)30(28,29)15-2-1-6-21-9-15)27-10-14(8-25-27)17-16-3-7-22-18(16)24-13-23-17/h1-3,6-10,13H,4,11-12H2,(H,22,23,24). The Bertz CT molecular complexity index is 1360. The summed E-state index contributed by atoms with van der Waals surface area (Å²) in [6, 6.07) is 7.15. The van der Waals surface area contributed by atoms with Crippen LogP contribution in [0.1, 0.15) is 6.42 Å². The first-order valence-corrected chi connectivity index (χ1v) is 10.6. The van der Waals surface area contributed by atoms with Crippen LogP contribution in [0.3, 0.4) is 0 Å². The van der Waals surface area contributed by atoms with Gasteiger partial charge in [0.1, 0.15) is 22.4 Å². The Morgan fingerprint density at radius 1 is 1.23 bits per heavy atom. The summed E-state index contributed by atoms with van der Waals surface area (Å²) in [6.07, 6.45) is 9.72. The van der Waals surface area contributed by atoms with Crippen molar-refractivity contribution in [2.75, 3.05) is 13.1 Å². The van der Waals surface area contributed by atoms with Crippen molar-refractivity contribution in [1.29, 1.82) is 5.26 Å². The highest BCUT2D eigenvalue weighted by molar-refractivity contribution is 7.89. The molecule has 1 fully saturated rings. The van der Waals surface area contributed by atoms with E-state index in [1.807, 2.05) is 6.07 Å². The number of rotatable bonds is 5. The molecular formula is C19H16N8O2S. The fourth-order valence-electron chi connectivity index (χ4n) is 3.72. The van der Waals surface area contributed by atoms with Gasteiger partial charge in [-0.05, 0) is 18.2 Å². The first-order chi connectivity index (χ1) is 14.5. The smallest absolute Gasteiger partial charge is 0.244 e. The molecule has 4 aromatic rings. The third-order valence-corrected chi connectivity index (χ3v) is 7.09. The van der Waals surface area contributed by atoms with E-state index in [1.54, 1.807) is 29.3 Å². The van der Waals surface area contributed by atoms with E-state index in [1.165, 1.54) is 29.1 Å². The Hall–Kier alpha value is -3.62. The molecule has 1 saturated heterocycles. The average molecular weight is 420 g/mol. The molecule has 0 atom stereocenters. The fourth-order valence-corrected chi connectivity index (χ4v) is 5.28. The van der Waals surface area contributed by atoms with E-state index < -0.39 is 15.6 Å². The van der Waals surface area contributed by atoms with E-state index in [2.05, 4.69) is 31.1 Å². The molecule has 10 nitrogen and oxygen atoms in total. The second kappa shape index (κ2) is 6.72. The molecule has 30 heavy (non-hydrogen) atoms. The minimum Gasteiger partial charge on any atom is -0.346 e. The normalized spacial score (nSPS) is 16.2. The molecule has 5 rings (SSSR count). The third-order valence-electron chi connectivity index (χ3n) is 5.32. The van der Waals surface area contributed by atoms with Crippen molar-refractivity contribution in [1.82, 2.24) is 34.0 Å². The third kappa shape index (κ3) is 2.77. The maximum absolute atomic E-state index is 12.8. The van der Waals surface area contributed by atoms with Gasteiger partial charge in [0.05, 0.1) is 24.4 Å². The summed E-state index contributed by atoms with van der Waals surface area (Å²) in [5.74, 6) is 0. The minimum atomic E-state index is -3.67. The molecule has 0 aromatic carbocycles. The van der Waals surface area contributed by atoms with Crippen molar-refractivity contribution in [3.05, 3.63) is 55.5 Å². The maximum atomic E-state index is 12.8. The number of H-pyrrole nitrogens is 1. The fraction of sp³-hybridized carbons (Fsp3) is 0.211. The van der Waals surface area contributed by atoms with Gasteiger partial charge >= 0.3 is 0 Å². The molecule has 11 heteroatoms. The van der Waals surface area contributed by atoms with Gasteiger partial charge < -0.3 is 4.98 Å². The van der Waals surface area contributed by atoms with Crippen LogP contribution in [0.5, 0.6) is 0 Å². The quantitative estimate of drug-likeness (QED) is 0.517. The predicted octanol–water partition coefficient (Wildman–Crippen LogP) is 1.53. The molecule has 0 saturated carbocycles. The van der Waals surface area contributed by atoms with E-state index in [4.69, 9.17) is 0 Å². The Balaban J connectivity index is 1.46. The number of nitriles is 1. The molecule has 0 aliphatic carbocycles. The number of hydrogen-bond donors (Lipinski definition) is 1. The number of nitrogens with one attached hydrogen (secondary N) is 1. The van der Waals surface area contributed by atoms with E-state index >= 15 is 0 Å². The van der Waals surface area contributed by atoms with Crippen LogP contribution in [0.2, 0.25) is 0 Å². The monoisotopic (exact) mass is 420 g/mol. The largest absolute Gasteiger partial charge is 0.346 e. The number of fused-ring (bicyclic) bond motifs is 1. The second-order valence-electron chi connectivity index (χ2n) is 7.16. The van der Waals surface area contributed by atoms with Crippen molar-refractivity contribution < 1.29 is 8.42 Å². The number of aromatic amines is 1. The Morgan fingerprint density at radius 2 is 2.10 bits per heavy atom. The zero-order valence-electron chi connectivity index (χ0n) is 15.7. The van der Waals surface area contributed by atoms with Crippen LogP contribution in [0.15, 0.2) is 60.4 Å². The lowest BCUT2D eigenvalue weighted by Gasteiger charge is -2.47. The molecule has 1 aliphatic heterocycles. The summed E-state index contributed by atoms with van der Waals surface area (Å²) in [5, 5.41) is 14.7. The Kier molecular flexibility index (Phi) is 4.12. The molecule has 0 bridgehead atoms. The van der Waals surface area contributed by atoms with Crippen molar-refractivity contribution in [2.24, 2.45) is 0 Å². The number of aromatic nitrogens is 6. The number of pyridine rings is 1. The van der Waals surface area contributed by atoms with E-state index in [0.29, 0.717) is 0 Å². The van der Waals surface area contributed by atoms with Gasteiger partial charge in [0.25, 0.3) is 0 Å². The molecule has 0 radical (unpaired) electrons. The number of nitrogens with zero attached hydrogens (tertiary/aromatic N) is 7.